The monoisotopic (exact) mass is 403 g/mol. The number of nitrogens with zero attached hydrogens (tertiary/aromatic N) is 1. The van der Waals surface area contributed by atoms with E-state index in [4.69, 9.17) is 0 Å². The Morgan fingerprint density at radius 3 is 2.74 bits per heavy atom. The van der Waals surface area contributed by atoms with Gasteiger partial charge in [-0.1, -0.05) is 24.3 Å². The highest BCUT2D eigenvalue weighted by atomic mass is 32.2. The van der Waals surface area contributed by atoms with Gasteiger partial charge in [0, 0.05) is 11.4 Å². The number of halogens is 1. The molecule has 142 valence electrons. The highest BCUT2D eigenvalue weighted by molar-refractivity contribution is 8.03. The molecule has 1 N–H and O–H groups in total. The van der Waals surface area contributed by atoms with Crippen molar-refractivity contribution in [3.63, 3.8) is 0 Å². The number of hydrogen-bond donors (Lipinski definition) is 1. The highest BCUT2D eigenvalue weighted by Gasteiger charge is 2.25. The fourth-order valence-electron chi connectivity index (χ4n) is 3.01. The van der Waals surface area contributed by atoms with Crippen LogP contribution < -0.4 is 0 Å². The Bertz CT molecular complexity index is 842. The highest BCUT2D eigenvalue weighted by Crippen LogP contribution is 2.34. The third-order valence-corrected chi connectivity index (χ3v) is 6.51. The van der Waals surface area contributed by atoms with E-state index in [9.17, 15) is 14.3 Å². The van der Waals surface area contributed by atoms with Gasteiger partial charge in [0.15, 0.2) is 0 Å². The van der Waals surface area contributed by atoms with E-state index in [0.717, 1.165) is 47.8 Å². The van der Waals surface area contributed by atoms with Crippen LogP contribution in [0.2, 0.25) is 0 Å². The van der Waals surface area contributed by atoms with Gasteiger partial charge in [0.05, 0.1) is 17.1 Å². The van der Waals surface area contributed by atoms with Gasteiger partial charge in [-0.25, -0.2) is 9.18 Å². The van der Waals surface area contributed by atoms with Gasteiger partial charge in [0.2, 0.25) is 0 Å². The summed E-state index contributed by atoms with van der Waals surface area (Å²) in [5, 5.41) is 12.6. The number of carboxylic acids is 1. The van der Waals surface area contributed by atoms with Gasteiger partial charge in [-0.3, -0.25) is 0 Å². The van der Waals surface area contributed by atoms with Crippen molar-refractivity contribution in [2.75, 3.05) is 12.3 Å². The zero-order valence-electron chi connectivity index (χ0n) is 15.2. The largest absolute Gasteiger partial charge is 0.478 e. The maximum absolute atomic E-state index is 13.0. The number of thiophene rings is 1. The zero-order chi connectivity index (χ0) is 19.2. The van der Waals surface area contributed by atoms with Crippen molar-refractivity contribution >= 4 is 29.1 Å². The van der Waals surface area contributed by atoms with Gasteiger partial charge in [-0.2, -0.15) is 0 Å². The predicted molar refractivity (Wildman–Crippen MR) is 110 cm³/mol. The molecule has 1 aromatic carbocycles. The average molecular weight is 404 g/mol. The molecule has 0 aliphatic carbocycles. The number of carboxylic acid groups (broad SMARTS) is 1. The van der Waals surface area contributed by atoms with Crippen LogP contribution in [0.15, 0.2) is 64.0 Å². The van der Waals surface area contributed by atoms with Crippen molar-refractivity contribution in [1.82, 2.24) is 4.90 Å². The summed E-state index contributed by atoms with van der Waals surface area (Å²) in [7, 11) is 0. The van der Waals surface area contributed by atoms with E-state index in [1.807, 2.05) is 24.4 Å². The lowest BCUT2D eigenvalue weighted by Crippen LogP contribution is -2.28. The maximum atomic E-state index is 13.0. The van der Waals surface area contributed by atoms with Gasteiger partial charge in [0.25, 0.3) is 0 Å². The molecular weight excluding hydrogens is 381 g/mol. The molecular formula is C21H22FNO2S2. The minimum absolute atomic E-state index is 0.224. The van der Waals surface area contributed by atoms with Crippen molar-refractivity contribution < 1.29 is 14.3 Å². The molecule has 27 heavy (non-hydrogen) atoms. The molecule has 0 bridgehead atoms. The van der Waals surface area contributed by atoms with E-state index < -0.39 is 5.97 Å². The van der Waals surface area contributed by atoms with Gasteiger partial charge < -0.3 is 10.0 Å². The average Bonchev–Trinajstić information content (AvgIpc) is 3.15. The smallest absolute Gasteiger partial charge is 0.338 e. The quantitative estimate of drug-likeness (QED) is 0.606. The Labute approximate surface area is 167 Å². The molecule has 0 radical (unpaired) electrons. The van der Waals surface area contributed by atoms with Crippen LogP contribution >= 0.6 is 23.1 Å². The molecule has 0 saturated heterocycles. The first-order chi connectivity index (χ1) is 13.0. The van der Waals surface area contributed by atoms with Crippen LogP contribution in [0.3, 0.4) is 0 Å². The summed E-state index contributed by atoms with van der Waals surface area (Å²) in [5.41, 5.74) is 2.33. The SMILES string of the molecule is CC1=CCN(Cc2cccs2)C(SCCCc2ccc(F)cc2)=C1C(=O)O. The van der Waals surface area contributed by atoms with Gasteiger partial charge in [-0.15, -0.1) is 23.1 Å². The summed E-state index contributed by atoms with van der Waals surface area (Å²) in [4.78, 5) is 15.2. The lowest BCUT2D eigenvalue weighted by Gasteiger charge is -2.31. The van der Waals surface area contributed by atoms with Gasteiger partial charge >= 0.3 is 5.97 Å². The molecule has 3 rings (SSSR count). The minimum Gasteiger partial charge on any atom is -0.478 e. The van der Waals surface area contributed by atoms with Crippen molar-refractivity contribution in [3.05, 3.63) is 80.3 Å². The number of aliphatic carboxylic acids is 1. The minimum atomic E-state index is -0.874. The summed E-state index contributed by atoms with van der Waals surface area (Å²) < 4.78 is 13.0. The second-order valence-corrected chi connectivity index (χ2v) is 8.53. The summed E-state index contributed by atoms with van der Waals surface area (Å²) >= 11 is 3.29. The van der Waals surface area contributed by atoms with Crippen LogP contribution in [0.4, 0.5) is 4.39 Å². The third kappa shape index (κ3) is 5.23. The standard InChI is InChI=1S/C21H22FNO2S2/c1-15-10-11-23(14-18-5-3-12-26-18)20(19(15)21(24)25)27-13-2-4-16-6-8-17(22)9-7-16/h3,5-10,12H,2,4,11,13-14H2,1H3,(H,24,25). The van der Waals surface area contributed by atoms with Crippen LogP contribution in [0, 0.1) is 5.82 Å². The predicted octanol–water partition coefficient (Wildman–Crippen LogP) is 5.31. The van der Waals surface area contributed by atoms with Crippen LogP contribution in [0.25, 0.3) is 0 Å². The Hall–Kier alpha value is -2.05. The Kier molecular flexibility index (Phi) is 6.74. The van der Waals surface area contributed by atoms with E-state index in [2.05, 4.69) is 11.0 Å². The Balaban J connectivity index is 1.68. The second kappa shape index (κ2) is 9.24. The van der Waals surface area contributed by atoms with Gasteiger partial charge in [0.1, 0.15) is 5.82 Å². The van der Waals surface area contributed by atoms with Crippen LogP contribution in [-0.2, 0) is 17.8 Å². The van der Waals surface area contributed by atoms with E-state index >= 15 is 0 Å². The topological polar surface area (TPSA) is 40.5 Å². The molecule has 0 amide bonds. The fraction of sp³-hybridized carbons (Fsp3) is 0.286. The molecule has 3 nitrogen and oxygen atoms in total. The molecule has 0 atom stereocenters. The number of benzene rings is 1. The molecule has 6 heteroatoms. The van der Waals surface area contributed by atoms with Crippen molar-refractivity contribution in [2.24, 2.45) is 0 Å². The first-order valence-electron chi connectivity index (χ1n) is 8.84. The second-order valence-electron chi connectivity index (χ2n) is 6.41. The van der Waals surface area contributed by atoms with E-state index in [-0.39, 0.29) is 5.82 Å². The summed E-state index contributed by atoms with van der Waals surface area (Å²) in [6.07, 6.45) is 3.74. The summed E-state index contributed by atoms with van der Waals surface area (Å²) in [5.74, 6) is -0.281. The summed E-state index contributed by atoms with van der Waals surface area (Å²) in [6.45, 7) is 3.31. The van der Waals surface area contributed by atoms with E-state index in [1.54, 1.807) is 35.2 Å². The Morgan fingerprint density at radius 2 is 2.07 bits per heavy atom. The molecule has 1 aliphatic heterocycles. The molecule has 0 unspecified atom stereocenters. The number of carbonyl (C=O) groups is 1. The molecule has 0 fully saturated rings. The number of hydrogen-bond acceptors (Lipinski definition) is 4. The maximum Gasteiger partial charge on any atom is 0.338 e. The molecule has 2 aromatic rings. The zero-order valence-corrected chi connectivity index (χ0v) is 16.8. The van der Waals surface area contributed by atoms with Crippen LogP contribution in [0.5, 0.6) is 0 Å². The summed E-state index contributed by atoms with van der Waals surface area (Å²) in [6, 6.07) is 10.7. The lowest BCUT2D eigenvalue weighted by molar-refractivity contribution is -0.132. The molecule has 0 spiro atoms. The van der Waals surface area contributed by atoms with Crippen molar-refractivity contribution in [2.45, 2.75) is 26.3 Å². The number of rotatable bonds is 8. The normalized spacial score (nSPS) is 14.4. The fourth-order valence-corrected chi connectivity index (χ4v) is 4.92. The van der Waals surface area contributed by atoms with Crippen molar-refractivity contribution in [3.8, 4) is 0 Å². The molecule has 1 aromatic heterocycles. The third-order valence-electron chi connectivity index (χ3n) is 4.42. The first kappa shape index (κ1) is 19.7. The molecule has 0 saturated carbocycles. The van der Waals surface area contributed by atoms with E-state index in [1.165, 1.54) is 17.0 Å². The first-order valence-corrected chi connectivity index (χ1v) is 10.7. The van der Waals surface area contributed by atoms with E-state index in [0.29, 0.717) is 5.57 Å². The number of thioether (sulfide) groups is 1. The molecule has 2 heterocycles. The van der Waals surface area contributed by atoms with Crippen LogP contribution in [-0.4, -0.2) is 28.3 Å². The van der Waals surface area contributed by atoms with Crippen molar-refractivity contribution in [1.29, 1.82) is 0 Å². The molecule has 1 aliphatic rings. The van der Waals surface area contributed by atoms with Gasteiger partial charge in [-0.05, 0) is 60.2 Å². The van der Waals surface area contributed by atoms with Crippen LogP contribution in [0.1, 0.15) is 23.8 Å². The Morgan fingerprint density at radius 1 is 1.30 bits per heavy atom. The number of aryl methyl sites for hydroxylation is 1. The lowest BCUT2D eigenvalue weighted by atomic mass is 10.1.